The first kappa shape index (κ1) is 21.9. The fraction of sp³-hybridized carbons (Fsp3) is 0.400. The first-order chi connectivity index (χ1) is 15.4. The number of benzene rings is 2. The first-order valence-corrected chi connectivity index (χ1v) is 11.3. The van der Waals surface area contributed by atoms with E-state index in [9.17, 15) is 9.59 Å². The minimum Gasteiger partial charge on any atom is -0.324 e. The van der Waals surface area contributed by atoms with Crippen molar-refractivity contribution in [2.75, 3.05) is 18.4 Å². The Morgan fingerprint density at radius 2 is 1.72 bits per heavy atom. The van der Waals surface area contributed by atoms with Gasteiger partial charge in [0.05, 0.1) is 6.54 Å². The molecule has 7 heteroatoms. The summed E-state index contributed by atoms with van der Waals surface area (Å²) in [7, 11) is 0. The van der Waals surface area contributed by atoms with E-state index in [0.29, 0.717) is 26.2 Å². The summed E-state index contributed by atoms with van der Waals surface area (Å²) < 4.78 is 3.34. The fourth-order valence-corrected chi connectivity index (χ4v) is 4.51. The summed E-state index contributed by atoms with van der Waals surface area (Å²) in [6, 6.07) is 15.9. The minimum absolute atomic E-state index is 0.0682. The van der Waals surface area contributed by atoms with Crippen LogP contribution in [0.5, 0.6) is 0 Å². The van der Waals surface area contributed by atoms with Gasteiger partial charge < -0.3 is 10.2 Å². The van der Waals surface area contributed by atoms with Crippen molar-refractivity contribution in [2.24, 2.45) is 0 Å². The molecule has 2 aromatic carbocycles. The van der Waals surface area contributed by atoms with Crippen molar-refractivity contribution in [3.05, 3.63) is 81.5 Å². The van der Waals surface area contributed by atoms with Gasteiger partial charge in [-0.25, -0.2) is 14.3 Å². The highest BCUT2D eigenvalue weighted by molar-refractivity contribution is 5.89. The molecule has 2 amide bonds. The highest BCUT2D eigenvalue weighted by atomic mass is 16.2. The molecule has 32 heavy (non-hydrogen) atoms. The Kier molecular flexibility index (Phi) is 6.44. The number of hydrogen-bond donors (Lipinski definition) is 1. The van der Waals surface area contributed by atoms with E-state index in [4.69, 9.17) is 5.10 Å². The molecule has 168 valence electrons. The van der Waals surface area contributed by atoms with E-state index in [2.05, 4.69) is 11.4 Å². The molecule has 1 aliphatic rings. The summed E-state index contributed by atoms with van der Waals surface area (Å²) in [6.45, 7) is 8.38. The van der Waals surface area contributed by atoms with Crippen LogP contribution in [0, 0.1) is 13.8 Å². The number of aromatic nitrogens is 3. The van der Waals surface area contributed by atoms with E-state index in [1.165, 1.54) is 0 Å². The van der Waals surface area contributed by atoms with Gasteiger partial charge in [0, 0.05) is 31.2 Å². The molecule has 1 fully saturated rings. The third-order valence-corrected chi connectivity index (χ3v) is 6.06. The first-order valence-electron chi connectivity index (χ1n) is 11.3. The van der Waals surface area contributed by atoms with Crippen molar-refractivity contribution < 1.29 is 4.79 Å². The van der Waals surface area contributed by atoms with Crippen LogP contribution >= 0.6 is 0 Å². The number of nitrogens with one attached hydrogen (secondary N) is 1. The normalized spacial score (nSPS) is 14.5. The van der Waals surface area contributed by atoms with Crippen molar-refractivity contribution in [2.45, 2.75) is 52.6 Å². The van der Waals surface area contributed by atoms with Crippen LogP contribution in [-0.4, -0.2) is 38.4 Å². The Balaban J connectivity index is 1.43. The van der Waals surface area contributed by atoms with Crippen LogP contribution in [0.4, 0.5) is 10.5 Å². The summed E-state index contributed by atoms with van der Waals surface area (Å²) in [5.74, 6) is 1.01. The highest BCUT2D eigenvalue weighted by Crippen LogP contribution is 2.27. The molecule has 0 unspecified atom stereocenters. The third kappa shape index (κ3) is 4.77. The molecule has 2 heterocycles. The number of aryl methyl sites for hydroxylation is 2. The van der Waals surface area contributed by atoms with Gasteiger partial charge >= 0.3 is 11.7 Å². The lowest BCUT2D eigenvalue weighted by molar-refractivity contribution is 0.192. The number of carbonyl (C=O) groups is 1. The van der Waals surface area contributed by atoms with Crippen LogP contribution in [0.25, 0.3) is 0 Å². The van der Waals surface area contributed by atoms with Gasteiger partial charge in [0.2, 0.25) is 0 Å². The molecule has 4 rings (SSSR count). The van der Waals surface area contributed by atoms with E-state index in [0.717, 1.165) is 41.0 Å². The number of carbonyl (C=O) groups excluding carboxylic acids is 1. The Bertz CT molecular complexity index is 1120. The molecule has 1 N–H and O–H groups in total. The number of piperidine rings is 1. The van der Waals surface area contributed by atoms with Crippen molar-refractivity contribution in [3.63, 3.8) is 0 Å². The molecule has 0 aliphatic carbocycles. The SMILES string of the molecule is CCn1c(C2CCN(C(=O)Nc3cc(C)cc(C)c3)CC2)nn(Cc2ccccc2)c1=O. The molecular weight excluding hydrogens is 402 g/mol. The van der Waals surface area contributed by atoms with Gasteiger partial charge in [-0.2, -0.15) is 5.10 Å². The zero-order chi connectivity index (χ0) is 22.7. The molecule has 0 atom stereocenters. The second-order valence-electron chi connectivity index (χ2n) is 8.60. The molecule has 0 spiro atoms. The van der Waals surface area contributed by atoms with Crippen LogP contribution in [-0.2, 0) is 13.1 Å². The molecular formula is C25H31N5O2. The van der Waals surface area contributed by atoms with Gasteiger partial charge in [0.25, 0.3) is 0 Å². The summed E-state index contributed by atoms with van der Waals surface area (Å²) in [5, 5.41) is 7.73. The summed E-state index contributed by atoms with van der Waals surface area (Å²) in [6.07, 6.45) is 1.59. The van der Waals surface area contributed by atoms with Crippen LogP contribution in [0.3, 0.4) is 0 Å². The van der Waals surface area contributed by atoms with Gasteiger partial charge in [-0.1, -0.05) is 36.4 Å². The lowest BCUT2D eigenvalue weighted by atomic mass is 9.96. The van der Waals surface area contributed by atoms with Crippen LogP contribution in [0.1, 0.15) is 48.2 Å². The van der Waals surface area contributed by atoms with Crippen molar-refractivity contribution in [1.82, 2.24) is 19.2 Å². The Morgan fingerprint density at radius 3 is 2.34 bits per heavy atom. The average molecular weight is 434 g/mol. The van der Waals surface area contributed by atoms with E-state index in [-0.39, 0.29) is 17.6 Å². The summed E-state index contributed by atoms with van der Waals surface area (Å²) in [5.41, 5.74) is 4.07. The molecule has 1 saturated heterocycles. The van der Waals surface area contributed by atoms with E-state index in [1.807, 2.05) is 68.1 Å². The topological polar surface area (TPSA) is 72.2 Å². The Hall–Kier alpha value is -3.35. The molecule has 1 aromatic heterocycles. The summed E-state index contributed by atoms with van der Waals surface area (Å²) in [4.78, 5) is 27.5. The number of urea groups is 1. The Labute approximate surface area is 188 Å². The largest absolute Gasteiger partial charge is 0.346 e. The van der Waals surface area contributed by atoms with E-state index in [1.54, 1.807) is 9.25 Å². The van der Waals surface area contributed by atoms with Gasteiger partial charge in [0.15, 0.2) is 0 Å². The highest BCUT2D eigenvalue weighted by Gasteiger charge is 2.28. The predicted octanol–water partition coefficient (Wildman–Crippen LogP) is 4.14. The smallest absolute Gasteiger partial charge is 0.324 e. The molecule has 7 nitrogen and oxygen atoms in total. The lowest BCUT2D eigenvalue weighted by Crippen LogP contribution is -2.41. The second kappa shape index (κ2) is 9.42. The number of rotatable bonds is 5. The molecule has 0 radical (unpaired) electrons. The number of likely N-dealkylation sites (tertiary alicyclic amines) is 1. The lowest BCUT2D eigenvalue weighted by Gasteiger charge is -2.31. The maximum Gasteiger partial charge on any atom is 0.346 e. The van der Waals surface area contributed by atoms with Crippen molar-refractivity contribution >= 4 is 11.7 Å². The average Bonchev–Trinajstić information content (AvgIpc) is 3.09. The number of hydrogen-bond acceptors (Lipinski definition) is 3. The van der Waals surface area contributed by atoms with Gasteiger partial charge in [0.1, 0.15) is 5.82 Å². The van der Waals surface area contributed by atoms with Gasteiger partial charge in [-0.15, -0.1) is 0 Å². The van der Waals surface area contributed by atoms with Crippen molar-refractivity contribution in [3.8, 4) is 0 Å². The van der Waals surface area contributed by atoms with Crippen LogP contribution in [0.15, 0.2) is 53.3 Å². The third-order valence-electron chi connectivity index (χ3n) is 6.06. The minimum atomic E-state index is -0.0732. The number of nitrogens with zero attached hydrogens (tertiary/aromatic N) is 4. The number of amides is 2. The maximum atomic E-state index is 12.9. The van der Waals surface area contributed by atoms with Gasteiger partial charge in [-0.05, 0) is 62.4 Å². The molecule has 0 saturated carbocycles. The maximum absolute atomic E-state index is 12.9. The Morgan fingerprint density at radius 1 is 1.06 bits per heavy atom. The number of anilines is 1. The predicted molar refractivity (Wildman–Crippen MR) is 126 cm³/mol. The van der Waals surface area contributed by atoms with Crippen LogP contribution < -0.4 is 11.0 Å². The van der Waals surface area contributed by atoms with Gasteiger partial charge in [-0.3, -0.25) is 4.57 Å². The molecule has 3 aromatic rings. The second-order valence-corrected chi connectivity index (χ2v) is 8.60. The fourth-order valence-electron chi connectivity index (χ4n) is 4.51. The quantitative estimate of drug-likeness (QED) is 0.657. The summed E-state index contributed by atoms with van der Waals surface area (Å²) >= 11 is 0. The van der Waals surface area contributed by atoms with E-state index >= 15 is 0 Å². The van der Waals surface area contributed by atoms with Crippen molar-refractivity contribution in [1.29, 1.82) is 0 Å². The molecule has 0 bridgehead atoms. The zero-order valence-corrected chi connectivity index (χ0v) is 19.0. The standard InChI is InChI=1S/C25H31N5O2/c1-4-29-23(27-30(25(29)32)17-20-8-6-5-7-9-20)21-10-12-28(13-11-21)24(31)26-22-15-18(2)14-19(3)16-22/h5-9,14-16,21H,4,10-13,17H2,1-3H3,(H,26,31). The zero-order valence-electron chi connectivity index (χ0n) is 19.0. The monoisotopic (exact) mass is 433 g/mol. The van der Waals surface area contributed by atoms with E-state index < -0.39 is 0 Å². The van der Waals surface area contributed by atoms with Crippen LogP contribution in [0.2, 0.25) is 0 Å². The molecule has 1 aliphatic heterocycles.